The molecule has 2 amide bonds. The Balaban J connectivity index is 2.22. The van der Waals surface area contributed by atoms with Crippen molar-refractivity contribution in [3.63, 3.8) is 0 Å². The molecule has 1 fully saturated rings. The van der Waals surface area contributed by atoms with Gasteiger partial charge in [0.1, 0.15) is 0 Å². The van der Waals surface area contributed by atoms with E-state index in [0.717, 1.165) is 5.56 Å². The first-order chi connectivity index (χ1) is 9.01. The summed E-state index contributed by atoms with van der Waals surface area (Å²) in [5.74, 6) is -0.533. The third-order valence-corrected chi connectivity index (χ3v) is 3.45. The molecule has 19 heavy (non-hydrogen) atoms. The molecule has 1 aromatic rings. The Morgan fingerprint density at radius 1 is 1.47 bits per heavy atom. The summed E-state index contributed by atoms with van der Waals surface area (Å²) in [5.41, 5.74) is 7.33. The number of benzene rings is 1. The Hall–Kier alpha value is -1.59. The topological polar surface area (TPSA) is 75.4 Å². The fourth-order valence-electron chi connectivity index (χ4n) is 2.26. The minimum Gasteiger partial charge on any atom is -0.398 e. The number of hydrogen-bond acceptors (Lipinski definition) is 4. The summed E-state index contributed by atoms with van der Waals surface area (Å²) in [6.07, 6.45) is 0.638. The molecule has 0 radical (unpaired) electrons. The highest BCUT2D eigenvalue weighted by molar-refractivity contribution is 6.30. The first-order valence-electron chi connectivity index (χ1n) is 6.13. The van der Waals surface area contributed by atoms with Gasteiger partial charge in [0, 0.05) is 17.3 Å². The van der Waals surface area contributed by atoms with Gasteiger partial charge in [-0.2, -0.15) is 0 Å². The van der Waals surface area contributed by atoms with Crippen molar-refractivity contribution in [2.24, 2.45) is 0 Å². The van der Waals surface area contributed by atoms with Crippen molar-refractivity contribution >= 4 is 29.1 Å². The average molecular weight is 282 g/mol. The van der Waals surface area contributed by atoms with Crippen molar-refractivity contribution in [3.05, 3.63) is 28.8 Å². The quantitative estimate of drug-likeness (QED) is 0.644. The molecule has 0 aromatic heterocycles. The largest absolute Gasteiger partial charge is 0.398 e. The fraction of sp³-hybridized carbons (Fsp3) is 0.385. The minimum atomic E-state index is -0.309. The normalized spacial score (nSPS) is 20.4. The number of imide groups is 1. The molecule has 0 spiro atoms. The van der Waals surface area contributed by atoms with Crippen LogP contribution in [0.4, 0.5) is 5.69 Å². The molecule has 3 N–H and O–H groups in total. The third-order valence-electron chi connectivity index (χ3n) is 3.22. The van der Waals surface area contributed by atoms with Crippen LogP contribution in [0.25, 0.3) is 0 Å². The van der Waals surface area contributed by atoms with Gasteiger partial charge in [0.05, 0.1) is 12.6 Å². The summed E-state index contributed by atoms with van der Waals surface area (Å²) in [5, 5.41) is 2.93. The van der Waals surface area contributed by atoms with Crippen molar-refractivity contribution in [2.45, 2.75) is 25.9 Å². The maximum absolute atomic E-state index is 11.8. The molecule has 0 saturated carbocycles. The average Bonchev–Trinajstić information content (AvgIpc) is 2.33. The van der Waals surface area contributed by atoms with Crippen LogP contribution < -0.4 is 11.1 Å². The van der Waals surface area contributed by atoms with Gasteiger partial charge in [-0.05, 0) is 30.2 Å². The van der Waals surface area contributed by atoms with E-state index in [4.69, 9.17) is 17.3 Å². The number of nitrogens with zero attached hydrogens (tertiary/aromatic N) is 1. The number of nitrogen functional groups attached to an aromatic ring is 1. The van der Waals surface area contributed by atoms with Crippen molar-refractivity contribution < 1.29 is 9.59 Å². The highest BCUT2D eigenvalue weighted by Gasteiger charge is 2.32. The second-order valence-corrected chi connectivity index (χ2v) is 5.02. The van der Waals surface area contributed by atoms with E-state index in [9.17, 15) is 9.59 Å². The first-order valence-corrected chi connectivity index (χ1v) is 6.50. The number of piperazine rings is 1. The number of nitrogens with two attached hydrogens (primary N) is 1. The smallest absolute Gasteiger partial charge is 0.243 e. The number of rotatable bonds is 3. The van der Waals surface area contributed by atoms with Gasteiger partial charge in [-0.25, -0.2) is 0 Å². The Bertz CT molecular complexity index is 519. The van der Waals surface area contributed by atoms with E-state index in [0.29, 0.717) is 23.7 Å². The van der Waals surface area contributed by atoms with E-state index in [1.54, 1.807) is 18.2 Å². The van der Waals surface area contributed by atoms with Gasteiger partial charge < -0.3 is 5.73 Å². The van der Waals surface area contributed by atoms with Crippen LogP contribution >= 0.6 is 11.6 Å². The zero-order valence-electron chi connectivity index (χ0n) is 10.6. The number of halogens is 1. The summed E-state index contributed by atoms with van der Waals surface area (Å²) >= 11 is 5.94. The number of amides is 2. The van der Waals surface area contributed by atoms with Crippen molar-refractivity contribution in [1.82, 2.24) is 10.2 Å². The van der Waals surface area contributed by atoms with Crippen LogP contribution in [-0.2, 0) is 16.1 Å². The van der Waals surface area contributed by atoms with Gasteiger partial charge >= 0.3 is 0 Å². The molecule has 1 aromatic carbocycles. The molecule has 102 valence electrons. The molecule has 5 nitrogen and oxygen atoms in total. The monoisotopic (exact) mass is 281 g/mol. The zero-order valence-corrected chi connectivity index (χ0v) is 11.4. The van der Waals surface area contributed by atoms with Gasteiger partial charge in [0.25, 0.3) is 0 Å². The second kappa shape index (κ2) is 5.59. The van der Waals surface area contributed by atoms with E-state index in [1.807, 2.05) is 11.8 Å². The SMILES string of the molecule is CCC1C(=O)NC(=O)CN1Cc1cc(Cl)ccc1N. The van der Waals surface area contributed by atoms with Gasteiger partial charge in [0.2, 0.25) is 11.8 Å². The molecule has 0 aliphatic carbocycles. The van der Waals surface area contributed by atoms with Crippen LogP contribution in [0.15, 0.2) is 18.2 Å². The number of anilines is 1. The van der Waals surface area contributed by atoms with Gasteiger partial charge in [0.15, 0.2) is 0 Å². The standard InChI is InChI=1S/C13H16ClN3O2/c1-2-11-13(19)16-12(18)7-17(11)6-8-5-9(14)3-4-10(8)15/h3-5,11H,2,6-7,15H2,1H3,(H,16,18,19). The Morgan fingerprint density at radius 3 is 2.89 bits per heavy atom. The Kier molecular flexibility index (Phi) is 4.07. The van der Waals surface area contributed by atoms with Crippen LogP contribution in [0.3, 0.4) is 0 Å². The Labute approximate surface area is 116 Å². The van der Waals surface area contributed by atoms with Crippen LogP contribution in [-0.4, -0.2) is 29.3 Å². The lowest BCUT2D eigenvalue weighted by atomic mass is 10.1. The highest BCUT2D eigenvalue weighted by Crippen LogP contribution is 2.21. The van der Waals surface area contributed by atoms with Gasteiger partial charge in [-0.3, -0.25) is 19.8 Å². The lowest BCUT2D eigenvalue weighted by molar-refractivity contribution is -0.140. The second-order valence-electron chi connectivity index (χ2n) is 4.58. The van der Waals surface area contributed by atoms with Crippen molar-refractivity contribution in [2.75, 3.05) is 12.3 Å². The summed E-state index contributed by atoms with van der Waals surface area (Å²) in [6, 6.07) is 4.90. The maximum atomic E-state index is 11.8. The molecule has 6 heteroatoms. The lowest BCUT2D eigenvalue weighted by Gasteiger charge is -2.33. The maximum Gasteiger partial charge on any atom is 0.243 e. The fourth-order valence-corrected chi connectivity index (χ4v) is 2.46. The summed E-state index contributed by atoms with van der Waals surface area (Å²) < 4.78 is 0. The van der Waals surface area contributed by atoms with Crippen molar-refractivity contribution in [1.29, 1.82) is 0 Å². The van der Waals surface area contributed by atoms with Gasteiger partial charge in [-0.15, -0.1) is 0 Å². The lowest BCUT2D eigenvalue weighted by Crippen LogP contribution is -2.57. The summed E-state index contributed by atoms with van der Waals surface area (Å²) in [7, 11) is 0. The zero-order chi connectivity index (χ0) is 14.0. The molecular formula is C13H16ClN3O2. The Morgan fingerprint density at radius 2 is 2.21 bits per heavy atom. The van der Waals surface area contributed by atoms with E-state index in [2.05, 4.69) is 5.32 Å². The van der Waals surface area contributed by atoms with E-state index in [1.165, 1.54) is 0 Å². The van der Waals surface area contributed by atoms with Crippen LogP contribution in [0.5, 0.6) is 0 Å². The van der Waals surface area contributed by atoms with Crippen LogP contribution in [0, 0.1) is 0 Å². The predicted octanol–water partition coefficient (Wildman–Crippen LogP) is 1.16. The van der Waals surface area contributed by atoms with E-state index in [-0.39, 0.29) is 24.4 Å². The molecule has 2 rings (SSSR count). The van der Waals surface area contributed by atoms with Crippen LogP contribution in [0.1, 0.15) is 18.9 Å². The molecule has 1 aliphatic rings. The van der Waals surface area contributed by atoms with E-state index >= 15 is 0 Å². The molecular weight excluding hydrogens is 266 g/mol. The number of carbonyl (C=O) groups excluding carboxylic acids is 2. The first kappa shape index (κ1) is 13.8. The number of hydrogen-bond donors (Lipinski definition) is 2. The number of nitrogens with one attached hydrogen (secondary N) is 1. The predicted molar refractivity (Wildman–Crippen MR) is 73.5 cm³/mol. The molecule has 1 saturated heterocycles. The molecule has 1 heterocycles. The third kappa shape index (κ3) is 3.05. The van der Waals surface area contributed by atoms with Crippen LogP contribution in [0.2, 0.25) is 5.02 Å². The molecule has 1 aliphatic heterocycles. The van der Waals surface area contributed by atoms with E-state index < -0.39 is 0 Å². The number of carbonyl (C=O) groups is 2. The minimum absolute atomic E-state index is 0.191. The summed E-state index contributed by atoms with van der Waals surface area (Å²) in [6.45, 7) is 2.54. The van der Waals surface area contributed by atoms with Crippen molar-refractivity contribution in [3.8, 4) is 0 Å². The van der Waals surface area contributed by atoms with Gasteiger partial charge in [-0.1, -0.05) is 18.5 Å². The summed E-state index contributed by atoms with van der Waals surface area (Å²) in [4.78, 5) is 25.0. The molecule has 0 bridgehead atoms. The highest BCUT2D eigenvalue weighted by atomic mass is 35.5. The molecule has 1 unspecified atom stereocenters. The molecule has 1 atom stereocenters.